The minimum Gasteiger partial charge on any atom is -0.870 e. The number of piperidine rings is 2. The van der Waals surface area contributed by atoms with E-state index in [4.69, 9.17) is 25.4 Å². The Kier molecular flexibility index (Phi) is 61.6. The van der Waals surface area contributed by atoms with Gasteiger partial charge >= 0.3 is 104 Å². The number of pyridine rings is 6. The van der Waals surface area contributed by atoms with Crippen molar-refractivity contribution in [3.05, 3.63) is 227 Å². The Hall–Kier alpha value is -10.6. The molecule has 0 bridgehead atoms. The molecule has 7 atom stereocenters. The van der Waals surface area contributed by atoms with Crippen LogP contribution in [-0.4, -0.2) is 238 Å². The number of nitriles is 2. The molecule has 15 rings (SSSR count). The summed E-state index contributed by atoms with van der Waals surface area (Å²) in [5, 5.41) is 69.6. The van der Waals surface area contributed by atoms with Crippen LogP contribution in [0.5, 0.6) is 0 Å². The summed E-state index contributed by atoms with van der Waals surface area (Å²) in [5.74, 6) is -3.97. The summed E-state index contributed by atoms with van der Waals surface area (Å²) in [6.07, 6.45) is 20.6. The molecule has 3 aliphatic carbocycles. The molecule has 5 aliphatic rings. The van der Waals surface area contributed by atoms with Gasteiger partial charge < -0.3 is 65.0 Å². The van der Waals surface area contributed by atoms with E-state index in [1.807, 2.05) is 88.0 Å². The van der Waals surface area contributed by atoms with Crippen LogP contribution in [0.25, 0.3) is 43.6 Å². The van der Waals surface area contributed by atoms with Gasteiger partial charge in [-0.15, -0.1) is 0 Å². The third-order valence-electron chi connectivity index (χ3n) is 21.3. The van der Waals surface area contributed by atoms with Crippen molar-refractivity contribution in [1.82, 2.24) is 50.8 Å². The predicted molar refractivity (Wildman–Crippen MR) is 509 cm³/mol. The Labute approximate surface area is 841 Å². The molecule has 135 heavy (non-hydrogen) atoms. The van der Waals surface area contributed by atoms with Gasteiger partial charge in [0, 0.05) is 136 Å². The molecule has 0 spiro atoms. The van der Waals surface area contributed by atoms with Gasteiger partial charge in [-0.25, -0.2) is 48.9 Å². The second-order valence-corrected chi connectivity index (χ2v) is 30.3. The van der Waals surface area contributed by atoms with Gasteiger partial charge in [-0.3, -0.25) is 43.6 Å². The van der Waals surface area contributed by atoms with Gasteiger partial charge in [-0.1, -0.05) is 125 Å². The van der Waals surface area contributed by atoms with E-state index in [0.717, 1.165) is 175 Å². The molecule has 2 saturated heterocycles. The molecule has 42 heteroatoms. The molecule has 4 aromatic carbocycles. The maximum absolute atomic E-state index is 13.1. The number of likely N-dealkylation sites (tertiary alicyclic amines) is 1. The molecule has 5 fully saturated rings. The van der Waals surface area contributed by atoms with Crippen LogP contribution in [0, 0.1) is 22.7 Å². The number of carboxylic acid groups (broad SMARTS) is 1. The quantitative estimate of drug-likeness (QED) is 0.0192. The van der Waals surface area contributed by atoms with Gasteiger partial charge in [0.05, 0.1) is 82.3 Å². The van der Waals surface area contributed by atoms with Crippen molar-refractivity contribution < 1.29 is 157 Å². The smallest absolute Gasteiger partial charge is 0.870 e. The van der Waals surface area contributed by atoms with E-state index < -0.39 is 47.5 Å². The first kappa shape index (κ1) is 124. The van der Waals surface area contributed by atoms with Gasteiger partial charge in [-0.05, 0) is 168 Å². The van der Waals surface area contributed by atoms with Crippen LogP contribution in [0.2, 0.25) is 0 Å². The molecule has 13 radical (unpaired) electrons. The number of aromatic carboxylic acids is 1. The number of nitrogens with zero attached hydrogens (tertiary/aromatic N) is 9. The van der Waals surface area contributed by atoms with Gasteiger partial charge in [0.15, 0.2) is 18.9 Å². The summed E-state index contributed by atoms with van der Waals surface area (Å²) < 4.78 is 17.2. The number of esters is 1. The fraction of sp³-hybridized carbons (Fsp3) is 0.376. The number of aldehydes is 3. The number of hydrogen-bond donors (Lipinski definition) is 8. The van der Waals surface area contributed by atoms with E-state index in [1.165, 1.54) is 31.5 Å². The number of carboxylic acids is 1. The van der Waals surface area contributed by atoms with Crippen molar-refractivity contribution in [2.24, 2.45) is 5.73 Å². The third kappa shape index (κ3) is 39.6. The molecule has 8 heterocycles. The maximum atomic E-state index is 13.1. The number of fused-ring (bicyclic) bond motifs is 4. The van der Waals surface area contributed by atoms with E-state index >= 15 is 0 Å². The summed E-state index contributed by atoms with van der Waals surface area (Å²) in [4.78, 5) is 145. The monoisotopic (exact) mass is 1870 g/mol. The number of amides is 2. The average Bonchev–Trinajstić information content (AvgIpc) is 0.774. The van der Waals surface area contributed by atoms with E-state index in [2.05, 4.69) is 101 Å². The van der Waals surface area contributed by atoms with E-state index in [1.54, 1.807) is 80.1 Å². The fourth-order valence-electron chi connectivity index (χ4n) is 14.6. The molecular formula is C93H109B6N13Na2O20P. The normalized spacial score (nSPS) is 16.9. The average molecular weight is 1870 g/mol. The fourth-order valence-corrected chi connectivity index (χ4v) is 14.6. The van der Waals surface area contributed by atoms with Gasteiger partial charge in [0.25, 0.3) is 11.8 Å². The zero-order valence-corrected chi connectivity index (χ0v) is 81.1. The number of para-hydroxylation sites is 4. The van der Waals surface area contributed by atoms with Crippen LogP contribution in [0.3, 0.4) is 0 Å². The number of hydrogen-bond acceptors (Lipinski definition) is 30. The van der Waals surface area contributed by atoms with Crippen molar-refractivity contribution in [3.63, 3.8) is 0 Å². The molecule has 10 N–H and O–H groups in total. The Morgan fingerprint density at radius 3 is 1.33 bits per heavy atom. The summed E-state index contributed by atoms with van der Waals surface area (Å²) in [6.45, 7) is 10.3. The number of nitrogens with two attached hydrogens (primary N) is 1. The first-order valence-corrected chi connectivity index (χ1v) is 42.5. The van der Waals surface area contributed by atoms with Crippen LogP contribution < -0.4 is 80.8 Å². The van der Waals surface area contributed by atoms with E-state index in [9.17, 15) is 68.7 Å². The van der Waals surface area contributed by atoms with E-state index in [0.29, 0.717) is 76.7 Å². The van der Waals surface area contributed by atoms with E-state index in [-0.39, 0.29) is 154 Å². The molecular weight excluding hydrogens is 1760 g/mol. The summed E-state index contributed by atoms with van der Waals surface area (Å²) in [6, 6.07) is 49.6. The summed E-state index contributed by atoms with van der Waals surface area (Å²) >= 11 is 0. The van der Waals surface area contributed by atoms with Crippen LogP contribution >= 0.6 is 9.12 Å². The van der Waals surface area contributed by atoms with Gasteiger partial charge in [0.2, 0.25) is 5.97 Å². The SMILES string of the molecule is C.CC(=O)OOC(C)=O.CCOC(=O)c1cc(C=O)c2ccccc2n1.N#CC1(c2ccccn2)CCNCC1.N#CC1(c2ccncc2)CCN(Cc2cc(C(=O)N[C@H]3CCCC[C@@H]3O)nc3ccccc23)CC1.N[C@H]1CCCC[C@@H]1O.O=BP.O=Cc1cc(C(=O)N[C@H]2CCCC[C@@H]2O)nc2ccccc12.O=Cc1cc(C(=O)O)nc2ccccc12.[B-]OC(C)=O.[B].[B].[B][B].[Na+].[Na+].[OH-]. The molecule has 2 aliphatic heterocycles. The zero-order chi connectivity index (χ0) is 94.3. The van der Waals surface area contributed by atoms with Crippen LogP contribution in [0.4, 0.5) is 0 Å². The number of benzene rings is 4. The van der Waals surface area contributed by atoms with Crippen LogP contribution in [0.15, 0.2) is 170 Å². The molecule has 2 amide bonds. The Morgan fingerprint density at radius 2 is 0.948 bits per heavy atom. The minimum atomic E-state index is -1.14. The number of rotatable bonds is 14. The zero-order valence-electron chi connectivity index (χ0n) is 75.9. The Bertz CT molecular complexity index is 5460. The van der Waals surface area contributed by atoms with Gasteiger partial charge in [-0.2, -0.15) is 10.5 Å². The molecule has 691 valence electrons. The maximum Gasteiger partial charge on any atom is 1.00 e. The first-order chi connectivity index (χ1) is 62.2. The van der Waals surface area contributed by atoms with Crippen molar-refractivity contribution in [1.29, 1.82) is 10.5 Å². The van der Waals surface area contributed by atoms with Crippen molar-refractivity contribution in [2.45, 2.75) is 192 Å². The minimum absolute atomic E-state index is 0. The summed E-state index contributed by atoms with van der Waals surface area (Å²) in [5.41, 5.74) is 12.1. The van der Waals surface area contributed by atoms with Crippen molar-refractivity contribution >= 4 is 160 Å². The number of aromatic nitrogens is 6. The standard InChI is InChI=1S/C28H31N5O2.C17H18N2O3.C13H11NO3.C11H13N3.C11H7NO3.C6H13NO.C4H6O4.C2H3BO2.CH4.B2.BH2OP.2B.2Na.H2O/c29-19-28(21-9-13-30-14-10-21)11-15-33(16-12-28)18-20-17-25(31-23-6-2-1-5-22(20)23)27(35)32-24-7-3-4-8-26(24)34;20-10-11-9-15(18-13-6-2-1-5-12(11)13)17(22)19-14-7-3-4-8-16(14)21;1-2-17-13(16)12-7-9(8-15)10-5-3-4-6-11(10)14-12;12-9-11(4-7-13-8-5-11)10-3-1-2-6-14-10;13-6-7-5-10(11(14)15)12-9-4-2-1-3-8(7)9;7-5-3-1-2-4-6(5)8;1-3(5)7-8-4(2)6;1-2(4)5-3;;1-2;2-1-3;;;;;/h1-2,5-6,9-10,13-14,17,24,26,34H,3-4,7-8,11-12,15-16,18H2,(H,32,35);1-2,5-6,9-10,14,16,21H,3-4,7-8H2,(H,19,22);3-8H,2H2,1H3;1-3,6,13H,4-5,7-8H2;1-6H,(H,14,15);5-6,8H,1-4,7H2;1-2H3;1H3;1H4;;3H2;;;;;1H2/q;;;;;;;-1;;;;;;2*+1;/p-1/t24-,26-;14-,16-;;;;5-,6-;;;;;;;;;;/m00...0........../s1. The van der Waals surface area contributed by atoms with Crippen molar-refractivity contribution in [2.75, 3.05) is 32.8 Å². The number of aliphatic hydroxyl groups excluding tert-OH is 3. The summed E-state index contributed by atoms with van der Waals surface area (Å²) in [7, 11) is 14.2. The first-order valence-electron chi connectivity index (χ1n) is 41.8. The predicted octanol–water partition coefficient (Wildman–Crippen LogP) is 3.68. The number of nitrogens with one attached hydrogen (secondary N) is 3. The number of carbonyl (C=O) groups is 10. The number of aliphatic hydroxyl groups is 3. The van der Waals surface area contributed by atoms with Gasteiger partial charge in [0.1, 0.15) is 28.2 Å². The van der Waals surface area contributed by atoms with Crippen LogP contribution in [0.1, 0.15) is 228 Å². The largest absolute Gasteiger partial charge is 1.00 e. The second-order valence-electron chi connectivity index (χ2n) is 30.0. The second kappa shape index (κ2) is 66.8. The third-order valence-corrected chi connectivity index (χ3v) is 21.3. The molecule has 1 unspecified atom stereocenters. The molecule has 10 aromatic rings. The van der Waals surface area contributed by atoms with Crippen LogP contribution in [-0.2, 0) is 55.6 Å². The Morgan fingerprint density at radius 1 is 0.570 bits per heavy atom. The number of carbonyl (C=O) groups excluding carboxylic acids is 9. The van der Waals surface area contributed by atoms with Crippen molar-refractivity contribution in [3.8, 4) is 12.1 Å². The molecule has 3 saturated carbocycles. The Balaban J connectivity index is 0.00000159. The topological polar surface area (TPSA) is 526 Å². The number of ether oxygens (including phenoxy) is 1. The molecule has 6 aromatic heterocycles. The molecule has 33 nitrogen and oxygen atoms in total.